The normalized spacial score (nSPS) is 31.7. The van der Waals surface area contributed by atoms with Crippen LogP contribution in [0, 0.1) is 11.8 Å². The Bertz CT molecular complexity index is 524. The number of ether oxygens (including phenoxy) is 4. The number of imide groups is 1. The van der Waals surface area contributed by atoms with E-state index in [1.807, 2.05) is 34.6 Å². The van der Waals surface area contributed by atoms with Gasteiger partial charge in [-0.15, -0.1) is 0 Å². The molecule has 0 bridgehead atoms. The maximum Gasteiger partial charge on any atom is 0.416 e. The number of carbonyl (C=O) groups excluding carboxylic acids is 2. The standard InChI is InChI=1S/C19H33NO6/c1-8-15-19(7,26-15)16(25-13(6)23-9-2)12(5)17(21)20-14(11(3)4)10-24-18(20)22/h11-16H,8-10H2,1-7H3/t12-,13?,14-,15-,16-,19+/m1/s1. The Morgan fingerprint density at radius 1 is 1.31 bits per heavy atom. The lowest BCUT2D eigenvalue weighted by Gasteiger charge is -2.33. The van der Waals surface area contributed by atoms with Gasteiger partial charge in [-0.2, -0.15) is 0 Å². The van der Waals surface area contributed by atoms with Gasteiger partial charge in [0, 0.05) is 6.61 Å². The van der Waals surface area contributed by atoms with Crippen molar-refractivity contribution in [2.45, 2.75) is 85.0 Å². The highest BCUT2D eigenvalue weighted by Crippen LogP contribution is 2.46. The third-order valence-corrected chi connectivity index (χ3v) is 5.41. The topological polar surface area (TPSA) is 77.6 Å². The first-order valence-corrected chi connectivity index (χ1v) is 9.61. The molecule has 0 aliphatic carbocycles. The van der Waals surface area contributed by atoms with E-state index in [1.165, 1.54) is 4.90 Å². The molecular formula is C19H33NO6. The Morgan fingerprint density at radius 3 is 2.46 bits per heavy atom. The fourth-order valence-electron chi connectivity index (χ4n) is 3.77. The van der Waals surface area contributed by atoms with Crippen molar-refractivity contribution in [3.63, 3.8) is 0 Å². The molecule has 0 radical (unpaired) electrons. The van der Waals surface area contributed by atoms with Crippen LogP contribution in [0.5, 0.6) is 0 Å². The van der Waals surface area contributed by atoms with Crippen molar-refractivity contribution in [1.29, 1.82) is 0 Å². The lowest BCUT2D eigenvalue weighted by atomic mass is 9.88. The number of epoxide rings is 1. The van der Waals surface area contributed by atoms with Crippen LogP contribution in [0.3, 0.4) is 0 Å². The highest BCUT2D eigenvalue weighted by Gasteiger charge is 2.61. The van der Waals surface area contributed by atoms with Gasteiger partial charge in [0.05, 0.1) is 18.1 Å². The van der Waals surface area contributed by atoms with Crippen LogP contribution in [0.1, 0.15) is 54.9 Å². The lowest BCUT2D eigenvalue weighted by molar-refractivity contribution is -0.188. The molecule has 0 saturated carbocycles. The predicted molar refractivity (Wildman–Crippen MR) is 95.5 cm³/mol. The van der Waals surface area contributed by atoms with E-state index in [-0.39, 0.29) is 30.6 Å². The van der Waals surface area contributed by atoms with Crippen LogP contribution < -0.4 is 0 Å². The lowest BCUT2D eigenvalue weighted by Crippen LogP contribution is -2.51. The third kappa shape index (κ3) is 4.05. The second-order valence-electron chi connectivity index (χ2n) is 7.66. The van der Waals surface area contributed by atoms with Gasteiger partial charge in [-0.3, -0.25) is 4.79 Å². The fraction of sp³-hybridized carbons (Fsp3) is 0.895. The van der Waals surface area contributed by atoms with Gasteiger partial charge >= 0.3 is 6.09 Å². The zero-order valence-electron chi connectivity index (χ0n) is 17.0. The number of carbonyl (C=O) groups is 2. The van der Waals surface area contributed by atoms with Gasteiger partial charge < -0.3 is 18.9 Å². The number of rotatable bonds is 9. The van der Waals surface area contributed by atoms with Gasteiger partial charge in [0.2, 0.25) is 5.91 Å². The smallest absolute Gasteiger partial charge is 0.416 e. The molecule has 1 unspecified atom stereocenters. The molecule has 2 aliphatic rings. The average Bonchev–Trinajstić information content (AvgIpc) is 3.10. The maximum atomic E-state index is 13.2. The molecule has 7 nitrogen and oxygen atoms in total. The molecule has 2 fully saturated rings. The van der Waals surface area contributed by atoms with E-state index in [1.54, 1.807) is 13.8 Å². The van der Waals surface area contributed by atoms with Crippen LogP contribution >= 0.6 is 0 Å². The van der Waals surface area contributed by atoms with Crippen molar-refractivity contribution in [2.24, 2.45) is 11.8 Å². The van der Waals surface area contributed by atoms with Gasteiger partial charge in [0.1, 0.15) is 18.3 Å². The van der Waals surface area contributed by atoms with Crippen molar-refractivity contribution in [2.75, 3.05) is 13.2 Å². The fourth-order valence-corrected chi connectivity index (χ4v) is 3.77. The molecule has 0 spiro atoms. The molecule has 0 aromatic carbocycles. The Balaban J connectivity index is 2.21. The number of hydrogen-bond donors (Lipinski definition) is 0. The molecular weight excluding hydrogens is 338 g/mol. The maximum absolute atomic E-state index is 13.2. The molecule has 7 heteroatoms. The highest BCUT2D eigenvalue weighted by molar-refractivity contribution is 5.95. The van der Waals surface area contributed by atoms with E-state index in [4.69, 9.17) is 18.9 Å². The number of nitrogens with zero attached hydrogens (tertiary/aromatic N) is 1. The van der Waals surface area contributed by atoms with Crippen molar-refractivity contribution in [3.8, 4) is 0 Å². The minimum absolute atomic E-state index is 0.0306. The molecule has 2 rings (SSSR count). The summed E-state index contributed by atoms with van der Waals surface area (Å²) in [6.07, 6.45) is -0.692. The zero-order valence-corrected chi connectivity index (χ0v) is 17.0. The zero-order chi connectivity index (χ0) is 19.6. The summed E-state index contributed by atoms with van der Waals surface area (Å²) in [5.74, 6) is -0.728. The van der Waals surface area contributed by atoms with Crippen LogP contribution in [0.15, 0.2) is 0 Å². The van der Waals surface area contributed by atoms with E-state index >= 15 is 0 Å². The SMILES string of the molecule is CCOC(C)O[C@H]([C@@H](C)C(=O)N1C(=O)OC[C@@H]1C(C)C)[C@@]1(C)O[C@@H]1CC. The highest BCUT2D eigenvalue weighted by atomic mass is 16.7. The van der Waals surface area contributed by atoms with Gasteiger partial charge in [0.15, 0.2) is 6.29 Å². The van der Waals surface area contributed by atoms with E-state index in [9.17, 15) is 9.59 Å². The molecule has 2 saturated heterocycles. The first-order chi connectivity index (χ1) is 12.2. The monoisotopic (exact) mass is 371 g/mol. The summed E-state index contributed by atoms with van der Waals surface area (Å²) in [6.45, 7) is 14.2. The Labute approximate surface area is 156 Å². The predicted octanol–water partition coefficient (Wildman–Crippen LogP) is 2.96. The molecule has 0 N–H and O–H groups in total. The summed E-state index contributed by atoms with van der Waals surface area (Å²) in [4.78, 5) is 26.6. The summed E-state index contributed by atoms with van der Waals surface area (Å²) in [7, 11) is 0. The molecule has 0 aromatic heterocycles. The Kier molecular flexibility index (Phi) is 6.69. The van der Waals surface area contributed by atoms with Crippen molar-refractivity contribution in [3.05, 3.63) is 0 Å². The number of amides is 2. The summed E-state index contributed by atoms with van der Waals surface area (Å²) >= 11 is 0. The van der Waals surface area contributed by atoms with Crippen LogP contribution in [-0.4, -0.2) is 60.3 Å². The van der Waals surface area contributed by atoms with Gasteiger partial charge in [-0.1, -0.05) is 27.7 Å². The molecule has 0 aromatic rings. The van der Waals surface area contributed by atoms with Gasteiger partial charge in [-0.25, -0.2) is 9.69 Å². The molecule has 2 amide bonds. The van der Waals surface area contributed by atoms with Crippen LogP contribution in [0.25, 0.3) is 0 Å². The van der Waals surface area contributed by atoms with Crippen molar-refractivity contribution in [1.82, 2.24) is 4.90 Å². The van der Waals surface area contributed by atoms with E-state index in [0.29, 0.717) is 6.61 Å². The van der Waals surface area contributed by atoms with E-state index in [2.05, 4.69) is 0 Å². The summed E-state index contributed by atoms with van der Waals surface area (Å²) in [6, 6.07) is -0.252. The molecule has 150 valence electrons. The van der Waals surface area contributed by atoms with E-state index in [0.717, 1.165) is 6.42 Å². The second kappa shape index (κ2) is 8.23. The quantitative estimate of drug-likeness (QED) is 0.458. The van der Waals surface area contributed by atoms with E-state index < -0.39 is 30.0 Å². The van der Waals surface area contributed by atoms with Gasteiger partial charge in [0.25, 0.3) is 0 Å². The first kappa shape index (κ1) is 21.1. The van der Waals surface area contributed by atoms with Crippen molar-refractivity contribution >= 4 is 12.0 Å². The molecule has 2 aliphatic heterocycles. The Morgan fingerprint density at radius 2 is 1.96 bits per heavy atom. The minimum atomic E-state index is -0.578. The largest absolute Gasteiger partial charge is 0.447 e. The minimum Gasteiger partial charge on any atom is -0.447 e. The van der Waals surface area contributed by atoms with Crippen molar-refractivity contribution < 1.29 is 28.5 Å². The summed E-state index contributed by atoms with van der Waals surface area (Å²) in [5, 5.41) is 0. The third-order valence-electron chi connectivity index (χ3n) is 5.41. The summed E-state index contributed by atoms with van der Waals surface area (Å²) < 4.78 is 22.6. The Hall–Kier alpha value is -1.18. The average molecular weight is 371 g/mol. The second-order valence-corrected chi connectivity index (χ2v) is 7.66. The first-order valence-electron chi connectivity index (χ1n) is 9.61. The van der Waals surface area contributed by atoms with Crippen LogP contribution in [0.2, 0.25) is 0 Å². The number of cyclic esters (lactones) is 1. The van der Waals surface area contributed by atoms with Crippen LogP contribution in [0.4, 0.5) is 4.79 Å². The number of hydrogen-bond acceptors (Lipinski definition) is 6. The molecule has 2 heterocycles. The summed E-state index contributed by atoms with van der Waals surface area (Å²) in [5.41, 5.74) is -0.563. The van der Waals surface area contributed by atoms with Gasteiger partial charge in [-0.05, 0) is 33.1 Å². The molecule has 6 atom stereocenters. The molecule has 26 heavy (non-hydrogen) atoms. The van der Waals surface area contributed by atoms with Crippen LogP contribution in [-0.2, 0) is 23.7 Å².